The molecule has 6 heteroatoms. The van der Waals surface area contributed by atoms with Crippen LogP contribution in [0.4, 0.5) is 5.69 Å². The zero-order chi connectivity index (χ0) is 12.1. The van der Waals surface area contributed by atoms with Crippen LogP contribution in [0.5, 0.6) is 0 Å². The van der Waals surface area contributed by atoms with Gasteiger partial charge in [-0.15, -0.1) is 0 Å². The van der Waals surface area contributed by atoms with Crippen LogP contribution >= 0.6 is 0 Å². The van der Waals surface area contributed by atoms with Crippen LogP contribution in [-0.4, -0.2) is 28.0 Å². The van der Waals surface area contributed by atoms with Gasteiger partial charge in [0, 0.05) is 6.20 Å². The highest BCUT2D eigenvalue weighted by molar-refractivity contribution is 5.98. The first kappa shape index (κ1) is 12.0. The van der Waals surface area contributed by atoms with E-state index in [-0.39, 0.29) is 11.4 Å². The Labute approximate surface area is 92.5 Å². The SMILES string of the molecule is CCC(NC(=O)c1ncccc1N)C(=O)O. The van der Waals surface area contributed by atoms with Gasteiger partial charge >= 0.3 is 5.97 Å². The predicted octanol–water partition coefficient (Wildman–Crippen LogP) is 0.257. The van der Waals surface area contributed by atoms with Crippen LogP contribution in [0.15, 0.2) is 18.3 Å². The average molecular weight is 223 g/mol. The van der Waals surface area contributed by atoms with Crippen LogP contribution in [0, 0.1) is 0 Å². The van der Waals surface area contributed by atoms with Crippen LogP contribution in [0.3, 0.4) is 0 Å². The quantitative estimate of drug-likeness (QED) is 0.678. The molecule has 0 saturated heterocycles. The first-order valence-corrected chi connectivity index (χ1v) is 4.80. The molecule has 4 N–H and O–H groups in total. The molecule has 86 valence electrons. The van der Waals surface area contributed by atoms with Gasteiger partial charge in [0.15, 0.2) is 5.69 Å². The molecule has 0 aliphatic carbocycles. The molecule has 0 spiro atoms. The molecule has 0 bridgehead atoms. The van der Waals surface area contributed by atoms with Gasteiger partial charge in [-0.05, 0) is 18.6 Å². The molecular formula is C10H13N3O3. The van der Waals surface area contributed by atoms with E-state index in [1.807, 2.05) is 0 Å². The highest BCUT2D eigenvalue weighted by Crippen LogP contribution is 2.07. The van der Waals surface area contributed by atoms with Crippen molar-refractivity contribution >= 4 is 17.6 Å². The van der Waals surface area contributed by atoms with Crippen molar-refractivity contribution in [2.75, 3.05) is 5.73 Å². The summed E-state index contributed by atoms with van der Waals surface area (Å²) in [6.07, 6.45) is 1.72. The van der Waals surface area contributed by atoms with Gasteiger partial charge in [0.05, 0.1) is 5.69 Å². The number of carbonyl (C=O) groups is 2. The molecule has 1 unspecified atom stereocenters. The van der Waals surface area contributed by atoms with Crippen molar-refractivity contribution in [2.24, 2.45) is 0 Å². The summed E-state index contributed by atoms with van der Waals surface area (Å²) in [5.41, 5.74) is 5.81. The number of pyridine rings is 1. The summed E-state index contributed by atoms with van der Waals surface area (Å²) in [6.45, 7) is 1.67. The van der Waals surface area contributed by atoms with Crippen molar-refractivity contribution in [1.29, 1.82) is 0 Å². The number of rotatable bonds is 4. The van der Waals surface area contributed by atoms with E-state index in [9.17, 15) is 9.59 Å². The lowest BCUT2D eigenvalue weighted by molar-refractivity contribution is -0.139. The van der Waals surface area contributed by atoms with E-state index in [0.717, 1.165) is 0 Å². The third-order valence-electron chi connectivity index (χ3n) is 2.07. The molecular weight excluding hydrogens is 210 g/mol. The summed E-state index contributed by atoms with van der Waals surface area (Å²) in [7, 11) is 0. The number of anilines is 1. The molecule has 0 radical (unpaired) electrons. The van der Waals surface area contributed by atoms with Crippen molar-refractivity contribution in [1.82, 2.24) is 10.3 Å². The van der Waals surface area contributed by atoms with Gasteiger partial charge in [-0.3, -0.25) is 4.79 Å². The number of hydrogen-bond donors (Lipinski definition) is 3. The number of nitrogen functional groups attached to an aromatic ring is 1. The Morgan fingerprint density at radius 1 is 1.62 bits per heavy atom. The zero-order valence-corrected chi connectivity index (χ0v) is 8.80. The fourth-order valence-corrected chi connectivity index (χ4v) is 1.17. The number of hydrogen-bond acceptors (Lipinski definition) is 4. The third kappa shape index (κ3) is 2.69. The Bertz CT molecular complexity index is 406. The minimum absolute atomic E-state index is 0.0437. The predicted molar refractivity (Wildman–Crippen MR) is 57.8 cm³/mol. The maximum Gasteiger partial charge on any atom is 0.326 e. The van der Waals surface area contributed by atoms with Crippen LogP contribution in [0.2, 0.25) is 0 Å². The fraction of sp³-hybridized carbons (Fsp3) is 0.300. The van der Waals surface area contributed by atoms with Crippen molar-refractivity contribution in [2.45, 2.75) is 19.4 Å². The number of carboxylic acids is 1. The van der Waals surface area contributed by atoms with E-state index in [1.54, 1.807) is 13.0 Å². The normalized spacial score (nSPS) is 11.8. The number of aromatic nitrogens is 1. The van der Waals surface area contributed by atoms with E-state index in [2.05, 4.69) is 10.3 Å². The standard InChI is InChI=1S/C10H13N3O3/c1-2-7(10(15)16)13-9(14)8-6(11)4-3-5-12-8/h3-5,7H,2,11H2,1H3,(H,13,14)(H,15,16). The highest BCUT2D eigenvalue weighted by atomic mass is 16.4. The zero-order valence-electron chi connectivity index (χ0n) is 8.80. The maximum absolute atomic E-state index is 11.6. The van der Waals surface area contributed by atoms with E-state index in [4.69, 9.17) is 10.8 Å². The van der Waals surface area contributed by atoms with Gasteiger partial charge in [-0.1, -0.05) is 6.92 Å². The van der Waals surface area contributed by atoms with Gasteiger partial charge in [0.1, 0.15) is 6.04 Å². The largest absolute Gasteiger partial charge is 0.480 e. The van der Waals surface area contributed by atoms with E-state index in [1.165, 1.54) is 12.3 Å². The summed E-state index contributed by atoms with van der Waals surface area (Å²) in [5, 5.41) is 11.1. The lowest BCUT2D eigenvalue weighted by Crippen LogP contribution is -2.40. The second-order valence-electron chi connectivity index (χ2n) is 3.21. The number of amides is 1. The summed E-state index contributed by atoms with van der Waals surface area (Å²) in [6, 6.07) is 2.21. The topological polar surface area (TPSA) is 105 Å². The van der Waals surface area contributed by atoms with Crippen LogP contribution in [0.25, 0.3) is 0 Å². The number of nitrogens with zero attached hydrogens (tertiary/aromatic N) is 1. The second-order valence-corrected chi connectivity index (χ2v) is 3.21. The maximum atomic E-state index is 11.6. The van der Waals surface area contributed by atoms with E-state index < -0.39 is 17.9 Å². The molecule has 0 aromatic carbocycles. The Hall–Kier alpha value is -2.11. The van der Waals surface area contributed by atoms with Crippen LogP contribution in [-0.2, 0) is 4.79 Å². The minimum atomic E-state index is -1.08. The van der Waals surface area contributed by atoms with Crippen molar-refractivity contribution in [3.8, 4) is 0 Å². The molecule has 1 rings (SSSR count). The smallest absolute Gasteiger partial charge is 0.326 e. The first-order chi connectivity index (χ1) is 7.56. The monoisotopic (exact) mass is 223 g/mol. The number of aliphatic carboxylic acids is 1. The van der Waals surface area contributed by atoms with Gasteiger partial charge in [-0.25, -0.2) is 9.78 Å². The number of nitrogens with one attached hydrogen (secondary N) is 1. The van der Waals surface area contributed by atoms with Crippen molar-refractivity contribution < 1.29 is 14.7 Å². The molecule has 16 heavy (non-hydrogen) atoms. The van der Waals surface area contributed by atoms with Gasteiger partial charge in [-0.2, -0.15) is 0 Å². The molecule has 0 fully saturated rings. The average Bonchev–Trinajstić information content (AvgIpc) is 2.25. The summed E-state index contributed by atoms with van der Waals surface area (Å²) in [4.78, 5) is 26.1. The minimum Gasteiger partial charge on any atom is -0.480 e. The van der Waals surface area contributed by atoms with E-state index in [0.29, 0.717) is 6.42 Å². The Balaban J connectivity index is 2.80. The third-order valence-corrected chi connectivity index (χ3v) is 2.07. The Morgan fingerprint density at radius 3 is 2.81 bits per heavy atom. The van der Waals surface area contributed by atoms with Gasteiger partial charge in [0.2, 0.25) is 0 Å². The highest BCUT2D eigenvalue weighted by Gasteiger charge is 2.20. The van der Waals surface area contributed by atoms with E-state index >= 15 is 0 Å². The molecule has 1 aromatic rings. The van der Waals surface area contributed by atoms with Crippen molar-refractivity contribution in [3.05, 3.63) is 24.0 Å². The van der Waals surface area contributed by atoms with Crippen LogP contribution < -0.4 is 11.1 Å². The lowest BCUT2D eigenvalue weighted by atomic mass is 10.2. The number of nitrogens with two attached hydrogens (primary N) is 1. The molecule has 1 heterocycles. The first-order valence-electron chi connectivity index (χ1n) is 4.80. The molecule has 1 amide bonds. The second kappa shape index (κ2) is 5.11. The lowest BCUT2D eigenvalue weighted by Gasteiger charge is -2.12. The fourth-order valence-electron chi connectivity index (χ4n) is 1.17. The van der Waals surface area contributed by atoms with Crippen molar-refractivity contribution in [3.63, 3.8) is 0 Å². The van der Waals surface area contributed by atoms with Gasteiger partial charge < -0.3 is 16.2 Å². The summed E-state index contributed by atoms with van der Waals surface area (Å²) >= 11 is 0. The number of carbonyl (C=O) groups excluding carboxylic acids is 1. The Morgan fingerprint density at radius 2 is 2.31 bits per heavy atom. The molecule has 1 aromatic heterocycles. The molecule has 6 nitrogen and oxygen atoms in total. The summed E-state index contributed by atoms with van der Waals surface area (Å²) in [5.74, 6) is -1.65. The van der Waals surface area contributed by atoms with Crippen LogP contribution in [0.1, 0.15) is 23.8 Å². The molecule has 0 saturated carbocycles. The molecule has 0 aliphatic heterocycles. The van der Waals surface area contributed by atoms with Gasteiger partial charge in [0.25, 0.3) is 5.91 Å². The Kier molecular flexibility index (Phi) is 3.82. The summed E-state index contributed by atoms with van der Waals surface area (Å²) < 4.78 is 0. The molecule has 0 aliphatic rings. The number of carboxylic acid groups (broad SMARTS) is 1. The molecule has 1 atom stereocenters.